The molecule has 0 spiro atoms. The summed E-state index contributed by atoms with van der Waals surface area (Å²) in [5.74, 6) is 0.786. The van der Waals surface area contributed by atoms with E-state index in [1.807, 2.05) is 0 Å². The van der Waals surface area contributed by atoms with Crippen molar-refractivity contribution in [3.63, 3.8) is 0 Å². The van der Waals surface area contributed by atoms with Crippen LogP contribution in [-0.2, 0) is 6.42 Å². The first-order valence-corrected chi connectivity index (χ1v) is 18.4. The molecule has 3 heterocycles. The number of benzene rings is 8. The normalized spacial score (nSPS) is 14.2. The molecule has 12 rings (SSSR count). The predicted molar refractivity (Wildman–Crippen MR) is 220 cm³/mol. The topological polar surface area (TPSA) is 30.2 Å². The number of rotatable bonds is 3. The zero-order valence-corrected chi connectivity index (χ0v) is 28.8. The van der Waals surface area contributed by atoms with E-state index in [0.29, 0.717) is 0 Å². The second-order valence-corrected chi connectivity index (χ2v) is 14.5. The number of para-hydroxylation sites is 2. The lowest BCUT2D eigenvalue weighted by atomic mass is 9.74. The Labute approximate surface area is 305 Å². The Hall–Kier alpha value is -6.84. The van der Waals surface area contributed by atoms with Crippen molar-refractivity contribution in [2.45, 2.75) is 12.3 Å². The molecule has 3 heteroatoms. The molecular weight excluding hydrogens is 643 g/mol. The zero-order chi connectivity index (χ0) is 34.6. The third-order valence-electron chi connectivity index (χ3n) is 11.7. The minimum absolute atomic E-state index is 0.0249. The summed E-state index contributed by atoms with van der Waals surface area (Å²) in [5, 5.41) is 8.92. The van der Waals surface area contributed by atoms with Crippen LogP contribution in [0.15, 0.2) is 170 Å². The number of fused-ring (bicyclic) bond motifs is 13. The van der Waals surface area contributed by atoms with Crippen molar-refractivity contribution in [1.82, 2.24) is 14.4 Å². The third kappa shape index (κ3) is 4.05. The van der Waals surface area contributed by atoms with Gasteiger partial charge in [-0.25, -0.2) is 9.97 Å². The van der Waals surface area contributed by atoms with Crippen molar-refractivity contribution in [2.75, 3.05) is 0 Å². The molecule has 11 aromatic rings. The Balaban J connectivity index is 1.18. The van der Waals surface area contributed by atoms with Gasteiger partial charge in [-0.3, -0.25) is 0 Å². The summed E-state index contributed by atoms with van der Waals surface area (Å²) >= 11 is 0. The molecule has 0 bridgehead atoms. The van der Waals surface area contributed by atoms with E-state index < -0.39 is 0 Å². The van der Waals surface area contributed by atoms with Gasteiger partial charge in [-0.2, -0.15) is 0 Å². The summed E-state index contributed by atoms with van der Waals surface area (Å²) < 4.78 is 2.52. The number of hydrogen-bond acceptors (Lipinski definition) is 2. The molecule has 0 radical (unpaired) electrons. The lowest BCUT2D eigenvalue weighted by Gasteiger charge is -2.29. The van der Waals surface area contributed by atoms with Crippen LogP contribution in [0.3, 0.4) is 0 Å². The first kappa shape index (κ1) is 28.8. The van der Waals surface area contributed by atoms with Crippen LogP contribution in [0.5, 0.6) is 0 Å². The molecule has 3 nitrogen and oxygen atoms in total. The predicted octanol–water partition coefficient (Wildman–Crippen LogP) is 12.6. The fourth-order valence-electron chi connectivity index (χ4n) is 9.37. The second-order valence-electron chi connectivity index (χ2n) is 14.5. The molecule has 0 amide bonds. The standard InChI is InChI=1S/C50H31N3/c1-2-12-30(13-3-1)31-22-24-33(25-23-31)50-51-42-20-10-8-19-38(42)48(52-50)40-28-34-15-5-7-17-36(34)45-39(40)29-41-37-18-9-11-21-43(37)53-44-27-26-32-14-4-6-16-35(32)46(44)47(45)49(41)53/h1-27,29,40H,28H2. The van der Waals surface area contributed by atoms with Crippen molar-refractivity contribution in [3.8, 4) is 33.6 Å². The molecule has 0 N–H and O–H groups in total. The van der Waals surface area contributed by atoms with Gasteiger partial charge in [0.25, 0.3) is 0 Å². The molecule has 246 valence electrons. The SMILES string of the molecule is c1ccc(-c2ccc(-c3nc(C4Cc5ccccc5-c5c4cc4c6ccccc6n6c7ccc8ccccc8c7c5c46)c4ccccc4n3)cc2)cc1. The zero-order valence-electron chi connectivity index (χ0n) is 28.8. The summed E-state index contributed by atoms with van der Waals surface area (Å²) in [5.41, 5.74) is 14.6. The highest BCUT2D eigenvalue weighted by molar-refractivity contribution is 6.32. The van der Waals surface area contributed by atoms with Gasteiger partial charge in [-0.15, -0.1) is 0 Å². The van der Waals surface area contributed by atoms with Crippen molar-refractivity contribution in [2.24, 2.45) is 0 Å². The van der Waals surface area contributed by atoms with E-state index in [-0.39, 0.29) is 5.92 Å². The molecule has 53 heavy (non-hydrogen) atoms. The maximum absolute atomic E-state index is 5.55. The summed E-state index contributed by atoms with van der Waals surface area (Å²) in [6.45, 7) is 0. The monoisotopic (exact) mass is 673 g/mol. The highest BCUT2D eigenvalue weighted by atomic mass is 14.9. The Morgan fingerprint density at radius 1 is 0.491 bits per heavy atom. The van der Waals surface area contributed by atoms with E-state index in [2.05, 4.69) is 174 Å². The summed E-state index contributed by atoms with van der Waals surface area (Å²) in [6, 6.07) is 61.7. The van der Waals surface area contributed by atoms with Gasteiger partial charge in [-0.1, -0.05) is 146 Å². The van der Waals surface area contributed by atoms with Crippen LogP contribution in [0.25, 0.3) is 93.4 Å². The average molecular weight is 674 g/mol. The number of hydrogen-bond donors (Lipinski definition) is 0. The summed E-state index contributed by atoms with van der Waals surface area (Å²) in [7, 11) is 0. The molecule has 0 aliphatic heterocycles. The second kappa shape index (κ2) is 10.8. The summed E-state index contributed by atoms with van der Waals surface area (Å²) in [4.78, 5) is 10.7. The van der Waals surface area contributed by atoms with Gasteiger partial charge in [0.1, 0.15) is 0 Å². The molecule has 1 unspecified atom stereocenters. The first-order valence-electron chi connectivity index (χ1n) is 18.4. The van der Waals surface area contributed by atoms with Crippen LogP contribution in [0.2, 0.25) is 0 Å². The number of nitrogens with zero attached hydrogens (tertiary/aromatic N) is 3. The largest absolute Gasteiger partial charge is 0.308 e. The van der Waals surface area contributed by atoms with Crippen molar-refractivity contribution in [3.05, 3.63) is 187 Å². The Morgan fingerprint density at radius 2 is 1.19 bits per heavy atom. The van der Waals surface area contributed by atoms with Crippen molar-refractivity contribution in [1.29, 1.82) is 0 Å². The van der Waals surface area contributed by atoms with Gasteiger partial charge in [0.15, 0.2) is 5.82 Å². The van der Waals surface area contributed by atoms with Crippen LogP contribution in [0.1, 0.15) is 22.7 Å². The fourth-order valence-corrected chi connectivity index (χ4v) is 9.37. The van der Waals surface area contributed by atoms with Gasteiger partial charge in [-0.05, 0) is 74.8 Å². The van der Waals surface area contributed by atoms with Crippen LogP contribution in [-0.4, -0.2) is 14.4 Å². The minimum atomic E-state index is 0.0249. The number of aromatic nitrogens is 3. The van der Waals surface area contributed by atoms with Crippen LogP contribution in [0.4, 0.5) is 0 Å². The fraction of sp³-hybridized carbons (Fsp3) is 0.0400. The third-order valence-corrected chi connectivity index (χ3v) is 11.7. The van der Waals surface area contributed by atoms with Crippen molar-refractivity contribution >= 4 is 59.8 Å². The Bertz CT molecular complexity index is 3250. The molecule has 1 aliphatic rings. The molecule has 8 aromatic carbocycles. The lowest BCUT2D eigenvalue weighted by molar-refractivity contribution is 0.773. The van der Waals surface area contributed by atoms with E-state index in [0.717, 1.165) is 34.4 Å². The lowest BCUT2D eigenvalue weighted by Crippen LogP contribution is -2.15. The maximum Gasteiger partial charge on any atom is 0.160 e. The van der Waals surface area contributed by atoms with E-state index in [1.54, 1.807) is 0 Å². The van der Waals surface area contributed by atoms with E-state index >= 15 is 0 Å². The van der Waals surface area contributed by atoms with Crippen LogP contribution in [0, 0.1) is 0 Å². The van der Waals surface area contributed by atoms with E-state index in [4.69, 9.17) is 9.97 Å². The van der Waals surface area contributed by atoms with Gasteiger partial charge in [0.2, 0.25) is 0 Å². The van der Waals surface area contributed by atoms with Crippen molar-refractivity contribution < 1.29 is 0 Å². The molecule has 0 saturated heterocycles. The van der Waals surface area contributed by atoms with Crippen LogP contribution >= 0.6 is 0 Å². The molecular formula is C50H31N3. The van der Waals surface area contributed by atoms with Crippen LogP contribution < -0.4 is 0 Å². The van der Waals surface area contributed by atoms with Gasteiger partial charge >= 0.3 is 0 Å². The van der Waals surface area contributed by atoms with Gasteiger partial charge < -0.3 is 4.40 Å². The minimum Gasteiger partial charge on any atom is -0.308 e. The highest BCUT2D eigenvalue weighted by Crippen LogP contribution is 2.53. The highest BCUT2D eigenvalue weighted by Gasteiger charge is 2.33. The van der Waals surface area contributed by atoms with E-state index in [1.165, 1.54) is 82.2 Å². The maximum atomic E-state index is 5.55. The van der Waals surface area contributed by atoms with Gasteiger partial charge in [0, 0.05) is 38.4 Å². The molecule has 3 aromatic heterocycles. The smallest absolute Gasteiger partial charge is 0.160 e. The molecule has 0 saturated carbocycles. The Kier molecular flexibility index (Phi) is 5.89. The molecule has 0 fully saturated rings. The van der Waals surface area contributed by atoms with Gasteiger partial charge in [0.05, 0.1) is 27.8 Å². The molecule has 1 aliphatic carbocycles. The molecule has 1 atom stereocenters. The average Bonchev–Trinajstić information content (AvgIpc) is 3.76. The first-order chi connectivity index (χ1) is 26.3. The Morgan fingerprint density at radius 3 is 2.08 bits per heavy atom. The van der Waals surface area contributed by atoms with E-state index in [9.17, 15) is 0 Å². The summed E-state index contributed by atoms with van der Waals surface area (Å²) in [6.07, 6.45) is 0.864. The quantitative estimate of drug-likeness (QED) is 0.187.